The largest absolute Gasteiger partial charge is 0.359 e. The summed E-state index contributed by atoms with van der Waals surface area (Å²) in [4.78, 5) is 43.9. The molecule has 0 radical (unpaired) electrons. The first-order valence-corrected chi connectivity index (χ1v) is 14.6. The SMILES string of the molecule is Cc1ccc(CN2C(=O)C3C(C(=O)Cc4cc(C)cc(C)c4)C4C=CC3(O4)C2C(=O)CC2CCCCC2)cc1. The number of rotatable bonds is 8. The lowest BCUT2D eigenvalue weighted by Gasteiger charge is -2.33. The summed E-state index contributed by atoms with van der Waals surface area (Å²) >= 11 is 0. The van der Waals surface area contributed by atoms with E-state index in [1.807, 2.05) is 69.3 Å². The highest BCUT2D eigenvalue weighted by Gasteiger charge is 2.72. The molecule has 5 atom stereocenters. The predicted octanol–water partition coefficient (Wildman–Crippen LogP) is 5.61. The van der Waals surface area contributed by atoms with Gasteiger partial charge in [-0.25, -0.2) is 0 Å². The number of likely N-dealkylation sites (tertiary alicyclic amines) is 1. The zero-order chi connectivity index (χ0) is 27.3. The first-order chi connectivity index (χ1) is 18.7. The molecule has 1 saturated carbocycles. The van der Waals surface area contributed by atoms with Crippen molar-refractivity contribution >= 4 is 17.5 Å². The predicted molar refractivity (Wildman–Crippen MR) is 150 cm³/mol. The number of carbonyl (C=O) groups is 3. The second-order valence-corrected chi connectivity index (χ2v) is 12.5. The minimum atomic E-state index is -1.05. The maximum atomic E-state index is 14.2. The summed E-state index contributed by atoms with van der Waals surface area (Å²) in [5.74, 6) is -0.887. The molecular weight excluding hydrogens is 486 g/mol. The fraction of sp³-hybridized carbons (Fsp3) is 0.500. The zero-order valence-corrected chi connectivity index (χ0v) is 23.3. The first-order valence-electron chi connectivity index (χ1n) is 14.6. The third kappa shape index (κ3) is 4.69. The smallest absolute Gasteiger partial charge is 0.230 e. The van der Waals surface area contributed by atoms with E-state index in [-0.39, 0.29) is 23.9 Å². The molecule has 0 aromatic heterocycles. The van der Waals surface area contributed by atoms with Gasteiger partial charge in [0.05, 0.1) is 17.9 Å². The van der Waals surface area contributed by atoms with Crippen molar-refractivity contribution in [3.63, 3.8) is 0 Å². The van der Waals surface area contributed by atoms with Gasteiger partial charge in [-0.15, -0.1) is 0 Å². The van der Waals surface area contributed by atoms with Crippen LogP contribution in [0.15, 0.2) is 54.6 Å². The molecule has 5 heteroatoms. The molecule has 3 fully saturated rings. The van der Waals surface area contributed by atoms with Gasteiger partial charge < -0.3 is 9.64 Å². The van der Waals surface area contributed by atoms with Gasteiger partial charge in [0, 0.05) is 19.4 Å². The number of benzene rings is 2. The number of carbonyl (C=O) groups excluding carboxylic acids is 3. The normalized spacial score (nSPS) is 29.7. The van der Waals surface area contributed by atoms with Crippen molar-refractivity contribution in [2.24, 2.45) is 17.8 Å². The van der Waals surface area contributed by atoms with E-state index in [0.717, 1.165) is 53.5 Å². The molecule has 2 saturated heterocycles. The van der Waals surface area contributed by atoms with Crippen LogP contribution in [0.1, 0.15) is 66.3 Å². The van der Waals surface area contributed by atoms with E-state index in [0.29, 0.717) is 18.9 Å². The van der Waals surface area contributed by atoms with E-state index in [1.165, 1.54) is 6.42 Å². The summed E-state index contributed by atoms with van der Waals surface area (Å²) in [6.45, 7) is 6.45. The number of hydrogen-bond acceptors (Lipinski definition) is 4. The molecule has 2 aromatic rings. The van der Waals surface area contributed by atoms with Crippen molar-refractivity contribution in [3.8, 4) is 0 Å². The van der Waals surface area contributed by atoms with Gasteiger partial charge in [0.2, 0.25) is 5.91 Å². The van der Waals surface area contributed by atoms with Crippen LogP contribution in [0.2, 0.25) is 0 Å². The van der Waals surface area contributed by atoms with Gasteiger partial charge in [0.15, 0.2) is 5.78 Å². The van der Waals surface area contributed by atoms with Crippen LogP contribution in [-0.2, 0) is 32.1 Å². The quantitative estimate of drug-likeness (QED) is 0.420. The molecule has 2 bridgehead atoms. The van der Waals surface area contributed by atoms with Gasteiger partial charge in [0.25, 0.3) is 0 Å². The fourth-order valence-corrected chi connectivity index (χ4v) is 7.75. The fourth-order valence-electron chi connectivity index (χ4n) is 7.75. The van der Waals surface area contributed by atoms with Crippen LogP contribution in [0.5, 0.6) is 0 Å². The summed E-state index contributed by atoms with van der Waals surface area (Å²) < 4.78 is 6.57. The summed E-state index contributed by atoms with van der Waals surface area (Å²) in [5, 5.41) is 0. The Morgan fingerprint density at radius 3 is 2.28 bits per heavy atom. The van der Waals surface area contributed by atoms with Crippen molar-refractivity contribution in [1.29, 1.82) is 0 Å². The van der Waals surface area contributed by atoms with Crippen LogP contribution in [0.4, 0.5) is 0 Å². The van der Waals surface area contributed by atoms with E-state index in [2.05, 4.69) is 6.07 Å². The molecule has 1 spiro atoms. The van der Waals surface area contributed by atoms with Crippen molar-refractivity contribution in [3.05, 3.63) is 82.4 Å². The summed E-state index contributed by atoms with van der Waals surface area (Å²) in [7, 11) is 0. The Kier molecular flexibility index (Phi) is 6.83. The Morgan fingerprint density at radius 1 is 0.897 bits per heavy atom. The number of ether oxygens (including phenoxy) is 1. The second kappa shape index (κ2) is 10.2. The molecular formula is C34H39NO4. The molecule has 0 N–H and O–H groups in total. The van der Waals surface area contributed by atoms with Crippen molar-refractivity contribution < 1.29 is 19.1 Å². The van der Waals surface area contributed by atoms with Crippen LogP contribution in [0, 0.1) is 38.5 Å². The zero-order valence-electron chi connectivity index (χ0n) is 23.3. The lowest BCUT2D eigenvalue weighted by Crippen LogP contribution is -2.50. The molecule has 5 nitrogen and oxygen atoms in total. The number of aryl methyl sites for hydroxylation is 3. The van der Waals surface area contributed by atoms with Crippen LogP contribution < -0.4 is 0 Å². The minimum Gasteiger partial charge on any atom is -0.359 e. The average Bonchev–Trinajstić information content (AvgIpc) is 3.53. The van der Waals surface area contributed by atoms with Gasteiger partial charge in [0.1, 0.15) is 17.4 Å². The second-order valence-electron chi connectivity index (χ2n) is 12.5. The third-order valence-electron chi connectivity index (χ3n) is 9.40. The average molecular weight is 526 g/mol. The van der Waals surface area contributed by atoms with Crippen molar-refractivity contribution in [2.45, 2.75) is 90.0 Å². The van der Waals surface area contributed by atoms with E-state index >= 15 is 0 Å². The number of Topliss-reactive ketones (excluding diaryl/α,β-unsaturated/α-hetero) is 2. The maximum Gasteiger partial charge on any atom is 0.230 e. The lowest BCUT2D eigenvalue weighted by molar-refractivity contribution is -0.141. The maximum absolute atomic E-state index is 14.2. The summed E-state index contributed by atoms with van der Waals surface area (Å²) in [5.41, 5.74) is 4.28. The molecule has 2 aromatic carbocycles. The molecule has 1 amide bonds. The van der Waals surface area contributed by atoms with Gasteiger partial charge in [-0.05, 0) is 37.8 Å². The van der Waals surface area contributed by atoms with E-state index < -0.39 is 29.6 Å². The van der Waals surface area contributed by atoms with Crippen LogP contribution in [-0.4, -0.2) is 40.1 Å². The van der Waals surface area contributed by atoms with Crippen molar-refractivity contribution in [1.82, 2.24) is 4.90 Å². The molecule has 39 heavy (non-hydrogen) atoms. The van der Waals surface area contributed by atoms with E-state index in [1.54, 1.807) is 4.90 Å². The molecule has 204 valence electrons. The highest BCUT2D eigenvalue weighted by atomic mass is 16.5. The van der Waals surface area contributed by atoms with Gasteiger partial charge >= 0.3 is 0 Å². The monoisotopic (exact) mass is 525 g/mol. The van der Waals surface area contributed by atoms with Crippen LogP contribution in [0.3, 0.4) is 0 Å². The van der Waals surface area contributed by atoms with E-state index in [9.17, 15) is 14.4 Å². The molecule has 4 aliphatic rings. The Labute approximate surface area is 231 Å². The topological polar surface area (TPSA) is 63.7 Å². The first kappa shape index (κ1) is 26.2. The minimum absolute atomic E-state index is 0.0187. The molecule has 6 rings (SSSR count). The van der Waals surface area contributed by atoms with Gasteiger partial charge in [-0.3, -0.25) is 14.4 Å². The Balaban J connectivity index is 1.32. The molecule has 1 aliphatic carbocycles. The van der Waals surface area contributed by atoms with Crippen LogP contribution in [0.25, 0.3) is 0 Å². The van der Waals surface area contributed by atoms with Gasteiger partial charge in [-0.1, -0.05) is 103 Å². The molecule has 3 heterocycles. The summed E-state index contributed by atoms with van der Waals surface area (Å²) in [6.07, 6.45) is 9.85. The Morgan fingerprint density at radius 2 is 1.59 bits per heavy atom. The molecule has 5 unspecified atom stereocenters. The standard InChI is InChI=1S/C34H39NO4/c1-21-9-11-25(12-10-21)20-35-32(28(37)18-24-7-5-4-6-8-24)34-14-13-29(39-34)30(31(34)33(35)38)27(36)19-26-16-22(2)15-23(3)17-26/h9-17,24,29-32H,4-8,18-20H2,1-3H3. The number of hydrogen-bond donors (Lipinski definition) is 0. The van der Waals surface area contributed by atoms with Crippen molar-refractivity contribution in [2.75, 3.05) is 0 Å². The lowest BCUT2D eigenvalue weighted by atomic mass is 9.71. The highest BCUT2D eigenvalue weighted by molar-refractivity contribution is 6.01. The number of fused-ring (bicyclic) bond motifs is 1. The summed E-state index contributed by atoms with van der Waals surface area (Å²) in [6, 6.07) is 13.6. The van der Waals surface area contributed by atoms with E-state index in [4.69, 9.17) is 4.74 Å². The van der Waals surface area contributed by atoms with Crippen LogP contribution >= 0.6 is 0 Å². The number of amides is 1. The third-order valence-corrected chi connectivity index (χ3v) is 9.40. The molecule has 3 aliphatic heterocycles. The number of ketones is 2. The Hall–Kier alpha value is -3.05. The Bertz CT molecular complexity index is 1300. The van der Waals surface area contributed by atoms with Gasteiger partial charge in [-0.2, -0.15) is 0 Å². The highest BCUT2D eigenvalue weighted by Crippen LogP contribution is 2.56. The number of nitrogens with zero attached hydrogens (tertiary/aromatic N) is 1.